The first kappa shape index (κ1) is 25.7. The van der Waals surface area contributed by atoms with E-state index in [-0.39, 0.29) is 30.0 Å². The van der Waals surface area contributed by atoms with Gasteiger partial charge in [0.05, 0.1) is 19.7 Å². The predicted molar refractivity (Wildman–Crippen MR) is 136 cm³/mol. The third-order valence-corrected chi connectivity index (χ3v) is 5.92. The molecule has 2 heterocycles. The molecular weight excluding hydrogens is 505 g/mol. The lowest BCUT2D eigenvalue weighted by Crippen LogP contribution is -2.39. The van der Waals surface area contributed by atoms with Crippen LogP contribution in [0.5, 0.6) is 5.75 Å². The van der Waals surface area contributed by atoms with Crippen molar-refractivity contribution in [2.75, 3.05) is 52.9 Å². The van der Waals surface area contributed by atoms with Crippen LogP contribution in [0.1, 0.15) is 50.6 Å². The molecule has 7 nitrogen and oxygen atoms in total. The van der Waals surface area contributed by atoms with E-state index in [4.69, 9.17) is 9.73 Å². The number of carbonyl (C=O) groups is 1. The number of likely N-dealkylation sites (tertiary alicyclic amines) is 2. The van der Waals surface area contributed by atoms with Crippen LogP contribution in [-0.2, 0) is 4.79 Å². The zero-order valence-corrected chi connectivity index (χ0v) is 21.3. The summed E-state index contributed by atoms with van der Waals surface area (Å²) in [7, 11) is 1.70. The Hall–Kier alpha value is -1.55. The molecule has 1 aromatic rings. The third-order valence-electron chi connectivity index (χ3n) is 5.92. The van der Waals surface area contributed by atoms with Gasteiger partial charge in [0, 0.05) is 32.6 Å². The molecule has 1 atom stereocenters. The second-order valence-corrected chi connectivity index (χ2v) is 8.02. The SMILES string of the molecule is CCNC(=NCC(c1ccc(OC)cc1)N1CCCC1)NCCCN1CCCC1=O.I. The van der Waals surface area contributed by atoms with Crippen LogP contribution in [0.2, 0.25) is 0 Å². The van der Waals surface area contributed by atoms with E-state index in [1.54, 1.807) is 7.11 Å². The fraction of sp³-hybridized carbons (Fsp3) is 0.652. The summed E-state index contributed by atoms with van der Waals surface area (Å²) in [6.45, 7) is 8.42. The minimum absolute atomic E-state index is 0. The van der Waals surface area contributed by atoms with Crippen LogP contribution in [0, 0.1) is 0 Å². The molecule has 0 radical (unpaired) electrons. The lowest BCUT2D eigenvalue weighted by molar-refractivity contribution is -0.127. The molecule has 174 valence electrons. The van der Waals surface area contributed by atoms with E-state index in [0.717, 1.165) is 63.8 Å². The quantitative estimate of drug-likeness (QED) is 0.206. The average Bonchev–Trinajstić information content (AvgIpc) is 3.44. The van der Waals surface area contributed by atoms with Gasteiger partial charge in [-0.05, 0) is 63.4 Å². The molecule has 2 aliphatic rings. The predicted octanol–water partition coefficient (Wildman–Crippen LogP) is 3.02. The van der Waals surface area contributed by atoms with Gasteiger partial charge >= 0.3 is 0 Å². The average molecular weight is 543 g/mol. The van der Waals surface area contributed by atoms with Crippen LogP contribution in [0.3, 0.4) is 0 Å². The number of carbonyl (C=O) groups excluding carboxylic acids is 1. The Labute approximate surface area is 204 Å². The number of amides is 1. The number of hydrogen-bond donors (Lipinski definition) is 2. The zero-order valence-electron chi connectivity index (χ0n) is 18.9. The van der Waals surface area contributed by atoms with E-state index < -0.39 is 0 Å². The Balaban J connectivity index is 0.00000341. The van der Waals surface area contributed by atoms with Crippen molar-refractivity contribution < 1.29 is 9.53 Å². The number of benzene rings is 1. The number of ether oxygens (including phenoxy) is 1. The molecule has 0 bridgehead atoms. The summed E-state index contributed by atoms with van der Waals surface area (Å²) in [5.41, 5.74) is 1.28. The maximum absolute atomic E-state index is 11.7. The van der Waals surface area contributed by atoms with Crippen molar-refractivity contribution in [1.29, 1.82) is 0 Å². The van der Waals surface area contributed by atoms with E-state index in [0.29, 0.717) is 18.9 Å². The maximum Gasteiger partial charge on any atom is 0.222 e. The summed E-state index contributed by atoms with van der Waals surface area (Å²) in [6, 6.07) is 8.66. The van der Waals surface area contributed by atoms with Crippen LogP contribution in [0.25, 0.3) is 0 Å². The van der Waals surface area contributed by atoms with Crippen LogP contribution >= 0.6 is 24.0 Å². The largest absolute Gasteiger partial charge is 0.497 e. The summed E-state index contributed by atoms with van der Waals surface area (Å²) in [4.78, 5) is 21.1. The minimum atomic E-state index is 0. The summed E-state index contributed by atoms with van der Waals surface area (Å²) >= 11 is 0. The molecule has 0 aromatic heterocycles. The van der Waals surface area contributed by atoms with Gasteiger partial charge in [-0.25, -0.2) is 0 Å². The molecule has 0 saturated carbocycles. The Bertz CT molecular complexity index is 692. The smallest absolute Gasteiger partial charge is 0.222 e. The number of halogens is 1. The molecule has 3 rings (SSSR count). The number of methoxy groups -OCH3 is 1. The van der Waals surface area contributed by atoms with Crippen molar-refractivity contribution in [2.45, 2.75) is 45.1 Å². The van der Waals surface area contributed by atoms with Gasteiger partial charge in [-0.15, -0.1) is 24.0 Å². The molecule has 2 fully saturated rings. The molecular formula is C23H38IN5O2. The van der Waals surface area contributed by atoms with Crippen molar-refractivity contribution in [1.82, 2.24) is 20.4 Å². The molecule has 8 heteroatoms. The van der Waals surface area contributed by atoms with Gasteiger partial charge in [0.25, 0.3) is 0 Å². The Morgan fingerprint density at radius 1 is 1.13 bits per heavy atom. The number of aliphatic imine (C=N–C) groups is 1. The zero-order chi connectivity index (χ0) is 21.2. The molecule has 0 spiro atoms. The molecule has 31 heavy (non-hydrogen) atoms. The standard InChI is InChI=1S/C23H37N5O2.HI/c1-3-24-23(25-13-7-17-28-16-6-8-22(28)29)26-18-21(27-14-4-5-15-27)19-9-11-20(30-2)12-10-19;/h9-12,21H,3-8,13-18H2,1-2H3,(H2,24,25,26);1H. The monoisotopic (exact) mass is 543 g/mol. The minimum Gasteiger partial charge on any atom is -0.497 e. The molecule has 0 aliphatic carbocycles. The van der Waals surface area contributed by atoms with E-state index >= 15 is 0 Å². The molecule has 1 aromatic carbocycles. The topological polar surface area (TPSA) is 69.2 Å². The van der Waals surface area contributed by atoms with Crippen LogP contribution < -0.4 is 15.4 Å². The molecule has 2 N–H and O–H groups in total. The summed E-state index contributed by atoms with van der Waals surface area (Å²) in [5, 5.41) is 6.79. The van der Waals surface area contributed by atoms with Crippen LogP contribution in [0.15, 0.2) is 29.3 Å². The Kier molecular flexibility index (Phi) is 11.4. The maximum atomic E-state index is 11.7. The highest BCUT2D eigenvalue weighted by molar-refractivity contribution is 14.0. The summed E-state index contributed by atoms with van der Waals surface area (Å²) < 4.78 is 5.32. The third kappa shape index (κ3) is 7.82. The van der Waals surface area contributed by atoms with Gasteiger partial charge in [-0.3, -0.25) is 14.7 Å². The summed E-state index contributed by atoms with van der Waals surface area (Å²) in [5.74, 6) is 2.03. The van der Waals surface area contributed by atoms with Crippen LogP contribution in [-0.4, -0.2) is 74.6 Å². The molecule has 1 unspecified atom stereocenters. The van der Waals surface area contributed by atoms with Gasteiger partial charge in [-0.1, -0.05) is 12.1 Å². The second kappa shape index (κ2) is 13.8. The number of guanidine groups is 1. The normalized spacial score (nSPS) is 18.1. The first-order valence-corrected chi connectivity index (χ1v) is 11.4. The molecule has 1 amide bonds. The second-order valence-electron chi connectivity index (χ2n) is 8.02. The van der Waals surface area contributed by atoms with Gasteiger partial charge < -0.3 is 20.3 Å². The highest BCUT2D eigenvalue weighted by Gasteiger charge is 2.23. The van der Waals surface area contributed by atoms with Crippen molar-refractivity contribution >= 4 is 35.8 Å². The number of rotatable bonds is 10. The first-order valence-electron chi connectivity index (χ1n) is 11.4. The highest BCUT2D eigenvalue weighted by Crippen LogP contribution is 2.27. The Morgan fingerprint density at radius 2 is 1.87 bits per heavy atom. The van der Waals surface area contributed by atoms with E-state index in [2.05, 4.69) is 34.6 Å². The van der Waals surface area contributed by atoms with Gasteiger partial charge in [-0.2, -0.15) is 0 Å². The van der Waals surface area contributed by atoms with Gasteiger partial charge in [0.2, 0.25) is 5.91 Å². The molecule has 2 aliphatic heterocycles. The lowest BCUT2D eigenvalue weighted by Gasteiger charge is -2.27. The highest BCUT2D eigenvalue weighted by atomic mass is 127. The fourth-order valence-electron chi connectivity index (χ4n) is 4.25. The van der Waals surface area contributed by atoms with E-state index in [9.17, 15) is 4.79 Å². The fourth-order valence-corrected chi connectivity index (χ4v) is 4.25. The van der Waals surface area contributed by atoms with Crippen molar-refractivity contribution in [3.05, 3.63) is 29.8 Å². The van der Waals surface area contributed by atoms with Crippen LogP contribution in [0.4, 0.5) is 0 Å². The Morgan fingerprint density at radius 3 is 2.48 bits per heavy atom. The van der Waals surface area contributed by atoms with Crippen molar-refractivity contribution in [3.63, 3.8) is 0 Å². The summed E-state index contributed by atoms with van der Waals surface area (Å²) in [6.07, 6.45) is 5.15. The van der Waals surface area contributed by atoms with Crippen molar-refractivity contribution in [2.24, 2.45) is 4.99 Å². The van der Waals surface area contributed by atoms with Crippen molar-refractivity contribution in [3.8, 4) is 5.75 Å². The number of nitrogens with one attached hydrogen (secondary N) is 2. The van der Waals surface area contributed by atoms with Gasteiger partial charge in [0.15, 0.2) is 5.96 Å². The van der Waals surface area contributed by atoms with Gasteiger partial charge in [0.1, 0.15) is 5.75 Å². The van der Waals surface area contributed by atoms with E-state index in [1.165, 1.54) is 18.4 Å². The number of hydrogen-bond acceptors (Lipinski definition) is 4. The number of nitrogens with zero attached hydrogens (tertiary/aromatic N) is 3. The first-order chi connectivity index (χ1) is 14.7. The lowest BCUT2D eigenvalue weighted by atomic mass is 10.1. The molecule has 2 saturated heterocycles. The van der Waals surface area contributed by atoms with E-state index in [1.807, 2.05) is 17.0 Å².